The standard InChI is InChI=1S/C15H14N2OS/c1-10-8-12(7-6-11(10)9-18)19-15-16-13-4-2-3-5-14(13)17-15/h2-8,18H,9H2,1H3,(H,16,17). The zero-order chi connectivity index (χ0) is 13.2. The number of nitrogens with one attached hydrogen (secondary N) is 1. The third-order valence-electron chi connectivity index (χ3n) is 3.07. The molecule has 3 aromatic rings. The number of benzene rings is 2. The average molecular weight is 270 g/mol. The van der Waals surface area contributed by atoms with E-state index >= 15 is 0 Å². The molecule has 96 valence electrons. The number of aromatic amines is 1. The van der Waals surface area contributed by atoms with Gasteiger partial charge in [0.05, 0.1) is 17.6 Å². The summed E-state index contributed by atoms with van der Waals surface area (Å²) in [5.74, 6) is 0. The van der Waals surface area contributed by atoms with Crippen molar-refractivity contribution < 1.29 is 5.11 Å². The molecule has 2 aromatic carbocycles. The molecular formula is C15H14N2OS. The molecule has 0 aliphatic carbocycles. The quantitative estimate of drug-likeness (QED) is 0.765. The van der Waals surface area contributed by atoms with Crippen LogP contribution in [0, 0.1) is 6.92 Å². The Balaban J connectivity index is 1.90. The van der Waals surface area contributed by atoms with Crippen LogP contribution < -0.4 is 0 Å². The highest BCUT2D eigenvalue weighted by Gasteiger charge is 2.05. The summed E-state index contributed by atoms with van der Waals surface area (Å²) < 4.78 is 0. The summed E-state index contributed by atoms with van der Waals surface area (Å²) >= 11 is 1.60. The number of aryl methyl sites for hydroxylation is 1. The van der Waals surface area contributed by atoms with E-state index in [2.05, 4.69) is 16.0 Å². The van der Waals surface area contributed by atoms with Crippen LogP contribution in [-0.2, 0) is 6.61 Å². The maximum atomic E-state index is 9.17. The van der Waals surface area contributed by atoms with Crippen molar-refractivity contribution in [2.75, 3.05) is 0 Å². The van der Waals surface area contributed by atoms with Gasteiger partial charge in [0.2, 0.25) is 0 Å². The molecule has 1 aromatic heterocycles. The maximum absolute atomic E-state index is 9.17. The monoisotopic (exact) mass is 270 g/mol. The zero-order valence-corrected chi connectivity index (χ0v) is 11.4. The van der Waals surface area contributed by atoms with Gasteiger partial charge in [-0.05, 0) is 42.3 Å². The second-order valence-corrected chi connectivity index (χ2v) is 5.47. The minimum Gasteiger partial charge on any atom is -0.392 e. The first kappa shape index (κ1) is 12.3. The molecule has 19 heavy (non-hydrogen) atoms. The topological polar surface area (TPSA) is 48.9 Å². The fourth-order valence-electron chi connectivity index (χ4n) is 2.00. The largest absolute Gasteiger partial charge is 0.392 e. The molecule has 0 spiro atoms. The highest BCUT2D eigenvalue weighted by atomic mass is 32.2. The number of imidazole rings is 1. The van der Waals surface area contributed by atoms with Crippen LogP contribution in [0.15, 0.2) is 52.5 Å². The van der Waals surface area contributed by atoms with E-state index in [1.54, 1.807) is 11.8 Å². The lowest BCUT2D eigenvalue weighted by molar-refractivity contribution is 0.281. The van der Waals surface area contributed by atoms with E-state index in [1.165, 1.54) is 0 Å². The third-order valence-corrected chi connectivity index (χ3v) is 3.94. The number of fused-ring (bicyclic) bond motifs is 1. The Kier molecular flexibility index (Phi) is 3.27. The van der Waals surface area contributed by atoms with Crippen molar-refractivity contribution in [3.8, 4) is 0 Å². The van der Waals surface area contributed by atoms with Crippen molar-refractivity contribution in [1.82, 2.24) is 9.97 Å². The number of aromatic nitrogens is 2. The second-order valence-electron chi connectivity index (χ2n) is 4.41. The Hall–Kier alpha value is -1.78. The van der Waals surface area contributed by atoms with Crippen molar-refractivity contribution >= 4 is 22.8 Å². The Bertz CT molecular complexity index is 688. The van der Waals surface area contributed by atoms with Gasteiger partial charge in [0.15, 0.2) is 5.16 Å². The van der Waals surface area contributed by atoms with Crippen molar-refractivity contribution in [3.63, 3.8) is 0 Å². The van der Waals surface area contributed by atoms with E-state index in [1.807, 2.05) is 43.3 Å². The Morgan fingerprint density at radius 1 is 1.21 bits per heavy atom. The van der Waals surface area contributed by atoms with Gasteiger partial charge >= 0.3 is 0 Å². The summed E-state index contributed by atoms with van der Waals surface area (Å²) in [7, 11) is 0. The Morgan fingerprint density at radius 3 is 2.79 bits per heavy atom. The van der Waals surface area contributed by atoms with Crippen LogP contribution in [0.5, 0.6) is 0 Å². The summed E-state index contributed by atoms with van der Waals surface area (Å²) in [4.78, 5) is 8.95. The van der Waals surface area contributed by atoms with Crippen LogP contribution in [0.4, 0.5) is 0 Å². The van der Waals surface area contributed by atoms with E-state index < -0.39 is 0 Å². The number of rotatable bonds is 3. The van der Waals surface area contributed by atoms with Gasteiger partial charge in [-0.15, -0.1) is 0 Å². The van der Waals surface area contributed by atoms with E-state index in [0.29, 0.717) is 0 Å². The first-order valence-corrected chi connectivity index (χ1v) is 6.91. The Labute approximate surface area is 115 Å². The van der Waals surface area contributed by atoms with E-state index in [0.717, 1.165) is 32.2 Å². The molecule has 0 amide bonds. The van der Waals surface area contributed by atoms with Crippen molar-refractivity contribution in [2.45, 2.75) is 23.6 Å². The molecule has 0 saturated carbocycles. The number of para-hydroxylation sites is 2. The van der Waals surface area contributed by atoms with Crippen molar-refractivity contribution in [1.29, 1.82) is 0 Å². The molecule has 1 heterocycles. The molecule has 2 N–H and O–H groups in total. The van der Waals surface area contributed by atoms with Gasteiger partial charge in [0.25, 0.3) is 0 Å². The van der Waals surface area contributed by atoms with E-state index in [-0.39, 0.29) is 6.61 Å². The molecule has 0 fully saturated rings. The number of H-pyrrole nitrogens is 1. The molecule has 4 heteroatoms. The SMILES string of the molecule is Cc1cc(Sc2nc3ccccc3[nH]2)ccc1CO. The zero-order valence-electron chi connectivity index (χ0n) is 10.6. The Morgan fingerprint density at radius 2 is 2.05 bits per heavy atom. The summed E-state index contributed by atoms with van der Waals surface area (Å²) in [6, 6.07) is 14.0. The van der Waals surface area contributed by atoms with Crippen LogP contribution in [0.25, 0.3) is 11.0 Å². The van der Waals surface area contributed by atoms with Gasteiger partial charge in [-0.1, -0.05) is 30.0 Å². The second kappa shape index (κ2) is 5.07. The molecular weight excluding hydrogens is 256 g/mol. The predicted molar refractivity (Wildman–Crippen MR) is 77.3 cm³/mol. The highest BCUT2D eigenvalue weighted by Crippen LogP contribution is 2.28. The normalized spacial score (nSPS) is 11.1. The van der Waals surface area contributed by atoms with Gasteiger partial charge in [-0.2, -0.15) is 0 Å². The smallest absolute Gasteiger partial charge is 0.171 e. The van der Waals surface area contributed by atoms with Gasteiger partial charge < -0.3 is 10.1 Å². The summed E-state index contributed by atoms with van der Waals surface area (Å²) in [5.41, 5.74) is 4.10. The fraction of sp³-hybridized carbons (Fsp3) is 0.133. The van der Waals surface area contributed by atoms with E-state index in [9.17, 15) is 0 Å². The summed E-state index contributed by atoms with van der Waals surface area (Å²) in [6.07, 6.45) is 0. The van der Waals surface area contributed by atoms with Crippen molar-refractivity contribution in [3.05, 3.63) is 53.6 Å². The lowest BCUT2D eigenvalue weighted by atomic mass is 10.1. The molecule has 0 aliphatic rings. The summed E-state index contributed by atoms with van der Waals surface area (Å²) in [5, 5.41) is 10.1. The van der Waals surface area contributed by atoms with Gasteiger partial charge in [-0.3, -0.25) is 0 Å². The minimum atomic E-state index is 0.0847. The lowest BCUT2D eigenvalue weighted by Gasteiger charge is -2.04. The summed E-state index contributed by atoms with van der Waals surface area (Å²) in [6.45, 7) is 2.09. The molecule has 3 rings (SSSR count). The lowest BCUT2D eigenvalue weighted by Crippen LogP contribution is -1.88. The predicted octanol–water partition coefficient (Wildman–Crippen LogP) is 3.51. The van der Waals surface area contributed by atoms with Crippen LogP contribution in [-0.4, -0.2) is 15.1 Å². The first-order valence-electron chi connectivity index (χ1n) is 6.09. The maximum Gasteiger partial charge on any atom is 0.171 e. The molecule has 0 bridgehead atoms. The first-order chi connectivity index (χ1) is 9.26. The molecule has 0 saturated heterocycles. The number of aliphatic hydroxyl groups is 1. The van der Waals surface area contributed by atoms with Gasteiger partial charge in [0, 0.05) is 4.90 Å². The minimum absolute atomic E-state index is 0.0847. The number of aliphatic hydroxyl groups excluding tert-OH is 1. The number of hydrogen-bond donors (Lipinski definition) is 2. The van der Waals surface area contributed by atoms with Crippen LogP contribution in [0.1, 0.15) is 11.1 Å². The van der Waals surface area contributed by atoms with Crippen LogP contribution >= 0.6 is 11.8 Å². The van der Waals surface area contributed by atoms with Crippen LogP contribution in [0.2, 0.25) is 0 Å². The van der Waals surface area contributed by atoms with Crippen LogP contribution in [0.3, 0.4) is 0 Å². The average Bonchev–Trinajstić information content (AvgIpc) is 2.81. The number of hydrogen-bond acceptors (Lipinski definition) is 3. The molecule has 0 radical (unpaired) electrons. The fourth-order valence-corrected chi connectivity index (χ4v) is 2.90. The van der Waals surface area contributed by atoms with E-state index in [4.69, 9.17) is 5.11 Å². The highest BCUT2D eigenvalue weighted by molar-refractivity contribution is 7.99. The van der Waals surface area contributed by atoms with Crippen molar-refractivity contribution in [2.24, 2.45) is 0 Å². The number of nitrogens with zero attached hydrogens (tertiary/aromatic N) is 1. The molecule has 3 nitrogen and oxygen atoms in total. The molecule has 0 unspecified atom stereocenters. The molecule has 0 atom stereocenters. The van der Waals surface area contributed by atoms with Gasteiger partial charge in [-0.25, -0.2) is 4.98 Å². The molecule has 0 aliphatic heterocycles. The third kappa shape index (κ3) is 2.50. The van der Waals surface area contributed by atoms with Gasteiger partial charge in [0.1, 0.15) is 0 Å².